The van der Waals surface area contributed by atoms with E-state index in [2.05, 4.69) is 5.32 Å². The summed E-state index contributed by atoms with van der Waals surface area (Å²) in [6.07, 6.45) is 4.93. The van der Waals surface area contributed by atoms with E-state index in [4.69, 9.17) is 4.74 Å². The summed E-state index contributed by atoms with van der Waals surface area (Å²) in [7, 11) is 1.49. The van der Waals surface area contributed by atoms with Crippen LogP contribution in [-0.2, 0) is 0 Å². The minimum atomic E-state index is -0.0956. The number of benzene rings is 1. The van der Waals surface area contributed by atoms with E-state index in [0.717, 1.165) is 0 Å². The van der Waals surface area contributed by atoms with Crippen molar-refractivity contribution in [2.45, 2.75) is 31.7 Å². The zero-order valence-electron chi connectivity index (χ0n) is 11.1. The molecule has 0 bridgehead atoms. The summed E-state index contributed by atoms with van der Waals surface area (Å²) in [5.41, 5.74) is 0.490. The van der Waals surface area contributed by atoms with Crippen LogP contribution in [0.15, 0.2) is 18.2 Å². The van der Waals surface area contributed by atoms with Crippen LogP contribution in [0.3, 0.4) is 0 Å². The van der Waals surface area contributed by atoms with Crippen LogP contribution in [0.4, 0.5) is 0 Å². The lowest BCUT2D eigenvalue weighted by atomic mass is 10.1. The van der Waals surface area contributed by atoms with E-state index in [-0.39, 0.29) is 11.7 Å². The molecule has 0 spiro atoms. The number of phenols is 1. The molecular formula is C15H19NO3. The van der Waals surface area contributed by atoms with Crippen LogP contribution >= 0.6 is 0 Å². The second kappa shape index (κ2) is 4.76. The third-order valence-corrected chi connectivity index (χ3v) is 4.00. The van der Waals surface area contributed by atoms with Crippen molar-refractivity contribution in [1.82, 2.24) is 5.32 Å². The molecule has 1 aromatic rings. The van der Waals surface area contributed by atoms with Crippen molar-refractivity contribution >= 4 is 5.91 Å². The van der Waals surface area contributed by atoms with E-state index in [0.29, 0.717) is 29.2 Å². The number of phenolic OH excluding ortho intramolecular Hbond substituents is 1. The first-order valence-corrected chi connectivity index (χ1v) is 6.87. The Morgan fingerprint density at radius 1 is 1.32 bits per heavy atom. The highest BCUT2D eigenvalue weighted by atomic mass is 16.5. The molecule has 0 unspecified atom stereocenters. The number of methoxy groups -OCH3 is 1. The van der Waals surface area contributed by atoms with Crippen molar-refractivity contribution in [3.05, 3.63) is 23.8 Å². The zero-order chi connectivity index (χ0) is 13.4. The van der Waals surface area contributed by atoms with Crippen molar-refractivity contribution < 1.29 is 14.6 Å². The summed E-state index contributed by atoms with van der Waals surface area (Å²) in [4.78, 5) is 12.2. The van der Waals surface area contributed by atoms with E-state index in [1.807, 2.05) is 0 Å². The van der Waals surface area contributed by atoms with Crippen molar-refractivity contribution in [3.63, 3.8) is 0 Å². The lowest BCUT2D eigenvalue weighted by Gasteiger charge is -2.17. The molecule has 2 fully saturated rings. The Morgan fingerprint density at radius 2 is 1.95 bits per heavy atom. The van der Waals surface area contributed by atoms with Gasteiger partial charge in [0.2, 0.25) is 0 Å². The Balaban J connectivity index is 1.70. The van der Waals surface area contributed by atoms with Crippen LogP contribution < -0.4 is 10.1 Å². The first-order valence-electron chi connectivity index (χ1n) is 6.87. The van der Waals surface area contributed by atoms with Gasteiger partial charge in [-0.15, -0.1) is 0 Å². The highest BCUT2D eigenvalue weighted by Gasteiger charge is 2.42. The SMILES string of the molecule is COc1ccc(C(=O)NC(C2CC2)C2CC2)cc1O. The molecule has 2 N–H and O–H groups in total. The minimum Gasteiger partial charge on any atom is -0.504 e. The number of amides is 1. The molecule has 2 aliphatic rings. The summed E-state index contributed by atoms with van der Waals surface area (Å²) in [5, 5.41) is 12.8. The number of aromatic hydroxyl groups is 1. The summed E-state index contributed by atoms with van der Waals surface area (Å²) < 4.78 is 4.98. The fraction of sp³-hybridized carbons (Fsp3) is 0.533. The van der Waals surface area contributed by atoms with Crippen molar-refractivity contribution in [3.8, 4) is 11.5 Å². The van der Waals surface area contributed by atoms with Gasteiger partial charge in [-0.25, -0.2) is 0 Å². The average molecular weight is 261 g/mol. The monoisotopic (exact) mass is 261 g/mol. The topological polar surface area (TPSA) is 58.6 Å². The van der Waals surface area contributed by atoms with Crippen LogP contribution in [0.2, 0.25) is 0 Å². The molecule has 2 saturated carbocycles. The highest BCUT2D eigenvalue weighted by Crippen LogP contribution is 2.44. The largest absolute Gasteiger partial charge is 0.504 e. The van der Waals surface area contributed by atoms with Gasteiger partial charge in [-0.05, 0) is 55.7 Å². The molecule has 0 saturated heterocycles. The zero-order valence-corrected chi connectivity index (χ0v) is 11.1. The number of carbonyl (C=O) groups is 1. The Kier molecular flexibility index (Phi) is 3.09. The quantitative estimate of drug-likeness (QED) is 0.855. The van der Waals surface area contributed by atoms with Crippen molar-refractivity contribution in [1.29, 1.82) is 0 Å². The van der Waals surface area contributed by atoms with Gasteiger partial charge in [-0.3, -0.25) is 4.79 Å². The molecule has 1 aromatic carbocycles. The van der Waals surface area contributed by atoms with Crippen LogP contribution in [0.5, 0.6) is 11.5 Å². The van der Waals surface area contributed by atoms with Gasteiger partial charge in [-0.1, -0.05) is 0 Å². The van der Waals surface area contributed by atoms with E-state index < -0.39 is 0 Å². The molecule has 4 heteroatoms. The predicted octanol–water partition coefficient (Wildman–Crippen LogP) is 2.32. The highest BCUT2D eigenvalue weighted by molar-refractivity contribution is 5.95. The molecule has 1 amide bonds. The minimum absolute atomic E-state index is 0.00421. The maximum Gasteiger partial charge on any atom is 0.251 e. The predicted molar refractivity (Wildman–Crippen MR) is 71.4 cm³/mol. The third kappa shape index (κ3) is 2.67. The number of rotatable bonds is 5. The Morgan fingerprint density at radius 3 is 2.42 bits per heavy atom. The Bertz CT molecular complexity index is 480. The Labute approximate surface area is 112 Å². The summed E-state index contributed by atoms with van der Waals surface area (Å²) in [5.74, 6) is 1.63. The number of carbonyl (C=O) groups excluding carboxylic acids is 1. The van der Waals surface area contributed by atoms with Crippen LogP contribution in [0, 0.1) is 11.8 Å². The third-order valence-electron chi connectivity index (χ3n) is 4.00. The molecule has 102 valence electrons. The summed E-state index contributed by atoms with van der Waals surface area (Å²) in [6, 6.07) is 5.10. The van der Waals surface area contributed by atoms with Crippen LogP contribution in [-0.4, -0.2) is 24.2 Å². The molecule has 0 heterocycles. The van der Waals surface area contributed by atoms with Gasteiger partial charge in [-0.2, -0.15) is 0 Å². The second-order valence-electron chi connectivity index (χ2n) is 5.56. The van der Waals surface area contributed by atoms with Crippen molar-refractivity contribution in [2.75, 3.05) is 7.11 Å². The fourth-order valence-corrected chi connectivity index (χ4v) is 2.60. The molecule has 19 heavy (non-hydrogen) atoms. The smallest absolute Gasteiger partial charge is 0.251 e. The lowest BCUT2D eigenvalue weighted by Crippen LogP contribution is -2.38. The molecule has 4 nitrogen and oxygen atoms in total. The molecule has 2 aliphatic carbocycles. The van der Waals surface area contributed by atoms with Gasteiger partial charge < -0.3 is 15.2 Å². The first kappa shape index (κ1) is 12.3. The van der Waals surface area contributed by atoms with Gasteiger partial charge in [0.1, 0.15) is 0 Å². The van der Waals surface area contributed by atoms with Crippen LogP contribution in [0.1, 0.15) is 36.0 Å². The van der Waals surface area contributed by atoms with Gasteiger partial charge in [0, 0.05) is 11.6 Å². The molecule has 0 atom stereocenters. The summed E-state index contributed by atoms with van der Waals surface area (Å²) in [6.45, 7) is 0. The average Bonchev–Trinajstić information content (AvgIpc) is 3.29. The number of hydrogen-bond donors (Lipinski definition) is 2. The van der Waals surface area contributed by atoms with Crippen LogP contribution in [0.25, 0.3) is 0 Å². The van der Waals surface area contributed by atoms with Gasteiger partial charge >= 0.3 is 0 Å². The molecule has 0 radical (unpaired) electrons. The van der Waals surface area contributed by atoms with E-state index in [1.165, 1.54) is 38.9 Å². The molecule has 0 aliphatic heterocycles. The number of hydrogen-bond acceptors (Lipinski definition) is 3. The lowest BCUT2D eigenvalue weighted by molar-refractivity contribution is 0.0926. The number of nitrogens with one attached hydrogen (secondary N) is 1. The fourth-order valence-electron chi connectivity index (χ4n) is 2.60. The standard InChI is InChI=1S/C15H19NO3/c1-19-13-7-6-11(8-12(13)17)15(18)16-14(9-2-3-9)10-4-5-10/h6-10,14,17H,2-5H2,1H3,(H,16,18). The maximum absolute atomic E-state index is 12.2. The Hall–Kier alpha value is -1.71. The molecular weight excluding hydrogens is 242 g/mol. The number of ether oxygens (including phenoxy) is 1. The summed E-state index contributed by atoms with van der Waals surface area (Å²) >= 11 is 0. The van der Waals surface area contributed by atoms with E-state index in [1.54, 1.807) is 12.1 Å². The molecule has 3 rings (SSSR count). The normalized spacial score (nSPS) is 18.4. The van der Waals surface area contributed by atoms with Crippen molar-refractivity contribution in [2.24, 2.45) is 11.8 Å². The second-order valence-corrected chi connectivity index (χ2v) is 5.56. The van der Waals surface area contributed by atoms with E-state index in [9.17, 15) is 9.90 Å². The van der Waals surface area contributed by atoms with E-state index >= 15 is 0 Å². The first-order chi connectivity index (χ1) is 9.19. The van der Waals surface area contributed by atoms with Gasteiger partial charge in [0.05, 0.1) is 7.11 Å². The van der Waals surface area contributed by atoms with Gasteiger partial charge in [0.15, 0.2) is 11.5 Å². The maximum atomic E-state index is 12.2. The molecule has 0 aromatic heterocycles. The van der Waals surface area contributed by atoms with Gasteiger partial charge in [0.25, 0.3) is 5.91 Å².